The summed E-state index contributed by atoms with van der Waals surface area (Å²) in [6.45, 7) is 5.46. The summed E-state index contributed by atoms with van der Waals surface area (Å²) in [6, 6.07) is 1.51. The highest BCUT2D eigenvalue weighted by molar-refractivity contribution is 5.88. The van der Waals surface area contributed by atoms with Gasteiger partial charge in [-0.05, 0) is 20.8 Å². The minimum Gasteiger partial charge on any atom is -0.461 e. The molecule has 2 aromatic heterocycles. The summed E-state index contributed by atoms with van der Waals surface area (Å²) in [5, 5.41) is 2.68. The van der Waals surface area contributed by atoms with Crippen LogP contribution in [0.25, 0.3) is 5.65 Å². The molecule has 2 rings (SSSR count). The smallest absolute Gasteiger partial charge is 0.356 e. The average Bonchev–Trinajstić information content (AvgIpc) is 2.70. The number of carbonyl (C=O) groups excluding carboxylic acids is 1. The minimum absolute atomic E-state index is 0.206. The topological polar surface area (TPSA) is 76.5 Å². The van der Waals surface area contributed by atoms with Gasteiger partial charge in [0.15, 0.2) is 5.65 Å². The molecule has 0 aliphatic heterocycles. The lowest BCUT2D eigenvalue weighted by Gasteiger charge is -1.98. The summed E-state index contributed by atoms with van der Waals surface area (Å²) >= 11 is 0. The molecule has 0 bridgehead atoms. The van der Waals surface area contributed by atoms with E-state index in [0.717, 1.165) is 0 Å². The van der Waals surface area contributed by atoms with Crippen molar-refractivity contribution < 1.29 is 9.53 Å². The van der Waals surface area contributed by atoms with Gasteiger partial charge in [-0.25, -0.2) is 14.3 Å². The Labute approximate surface area is 97.2 Å². The fraction of sp³-hybridized carbons (Fsp3) is 0.364. The first-order valence-electron chi connectivity index (χ1n) is 5.30. The minimum atomic E-state index is -0.493. The Balaban J connectivity index is 2.62. The van der Waals surface area contributed by atoms with Crippen molar-refractivity contribution in [3.05, 3.63) is 33.4 Å². The quantitative estimate of drug-likeness (QED) is 0.782. The molecule has 6 heteroatoms. The Morgan fingerprint density at radius 3 is 2.88 bits per heavy atom. The van der Waals surface area contributed by atoms with E-state index in [1.807, 2.05) is 0 Å². The zero-order chi connectivity index (χ0) is 12.6. The number of rotatable bonds is 2. The Hall–Kier alpha value is -2.11. The normalized spacial score (nSPS) is 10.8. The van der Waals surface area contributed by atoms with Crippen molar-refractivity contribution in [1.29, 1.82) is 0 Å². The van der Waals surface area contributed by atoms with Crippen LogP contribution in [0.2, 0.25) is 0 Å². The van der Waals surface area contributed by atoms with Crippen LogP contribution in [0.3, 0.4) is 0 Å². The monoisotopic (exact) mass is 235 g/mol. The third-order valence-corrected chi connectivity index (χ3v) is 2.58. The molecule has 6 nitrogen and oxygen atoms in total. The number of ether oxygens (including phenoxy) is 1. The van der Waals surface area contributed by atoms with E-state index in [2.05, 4.69) is 10.1 Å². The number of fused-ring (bicyclic) bond motifs is 1. The van der Waals surface area contributed by atoms with Gasteiger partial charge in [0.2, 0.25) is 0 Å². The zero-order valence-corrected chi connectivity index (χ0v) is 9.90. The van der Waals surface area contributed by atoms with Crippen LogP contribution >= 0.6 is 0 Å². The van der Waals surface area contributed by atoms with Crippen molar-refractivity contribution >= 4 is 11.6 Å². The van der Waals surface area contributed by atoms with E-state index in [4.69, 9.17) is 4.74 Å². The van der Waals surface area contributed by atoms with E-state index in [0.29, 0.717) is 16.9 Å². The van der Waals surface area contributed by atoms with E-state index >= 15 is 0 Å². The van der Waals surface area contributed by atoms with Crippen LogP contribution in [0.1, 0.15) is 28.7 Å². The van der Waals surface area contributed by atoms with Crippen LogP contribution < -0.4 is 5.56 Å². The molecule has 0 saturated heterocycles. The summed E-state index contributed by atoms with van der Waals surface area (Å²) < 4.78 is 6.09. The summed E-state index contributed by atoms with van der Waals surface area (Å²) in [4.78, 5) is 27.6. The van der Waals surface area contributed by atoms with Gasteiger partial charge in [0.1, 0.15) is 5.69 Å². The molecule has 0 aromatic carbocycles. The molecular formula is C11H13N3O3. The number of nitrogens with one attached hydrogen (secondary N) is 1. The summed E-state index contributed by atoms with van der Waals surface area (Å²) in [5.41, 5.74) is 1.65. The molecule has 0 saturated carbocycles. The first-order chi connectivity index (χ1) is 8.04. The van der Waals surface area contributed by atoms with Crippen LogP contribution in [0.4, 0.5) is 0 Å². The van der Waals surface area contributed by atoms with Crippen LogP contribution in [0.5, 0.6) is 0 Å². The summed E-state index contributed by atoms with van der Waals surface area (Å²) in [5.74, 6) is -0.493. The number of H-pyrrole nitrogens is 1. The maximum Gasteiger partial charge on any atom is 0.356 e. The Morgan fingerprint density at radius 1 is 1.53 bits per heavy atom. The highest BCUT2D eigenvalue weighted by atomic mass is 16.5. The molecule has 1 N–H and O–H groups in total. The third-order valence-electron chi connectivity index (χ3n) is 2.58. The highest BCUT2D eigenvalue weighted by Gasteiger charge is 2.13. The lowest BCUT2D eigenvalue weighted by atomic mass is 10.3. The maximum absolute atomic E-state index is 11.9. The molecule has 0 aliphatic carbocycles. The molecular weight excluding hydrogens is 222 g/mol. The van der Waals surface area contributed by atoms with E-state index in [1.54, 1.807) is 20.8 Å². The molecule has 0 atom stereocenters. The predicted molar refractivity (Wildman–Crippen MR) is 61.2 cm³/mol. The number of esters is 1. The van der Waals surface area contributed by atoms with Crippen molar-refractivity contribution in [1.82, 2.24) is 14.6 Å². The van der Waals surface area contributed by atoms with E-state index in [9.17, 15) is 9.59 Å². The largest absolute Gasteiger partial charge is 0.461 e. The molecule has 0 spiro atoms. The molecule has 2 aromatic rings. The van der Waals surface area contributed by atoms with Crippen molar-refractivity contribution in [3.8, 4) is 0 Å². The number of hydrogen-bond donors (Lipinski definition) is 1. The second-order valence-electron chi connectivity index (χ2n) is 3.71. The van der Waals surface area contributed by atoms with Gasteiger partial charge in [-0.15, -0.1) is 0 Å². The molecule has 0 fully saturated rings. The Kier molecular flexibility index (Phi) is 2.71. The van der Waals surface area contributed by atoms with E-state index < -0.39 is 5.97 Å². The van der Waals surface area contributed by atoms with Gasteiger partial charge in [0, 0.05) is 17.3 Å². The first-order valence-corrected chi connectivity index (χ1v) is 5.30. The van der Waals surface area contributed by atoms with Crippen LogP contribution in [-0.2, 0) is 4.74 Å². The van der Waals surface area contributed by atoms with Crippen molar-refractivity contribution in [2.24, 2.45) is 0 Å². The van der Waals surface area contributed by atoms with Gasteiger partial charge in [0.05, 0.1) is 6.61 Å². The maximum atomic E-state index is 11.9. The number of carbonyl (C=O) groups is 1. The summed E-state index contributed by atoms with van der Waals surface area (Å²) in [6.07, 6.45) is 0. The van der Waals surface area contributed by atoms with Gasteiger partial charge >= 0.3 is 5.97 Å². The number of hydrogen-bond acceptors (Lipinski definition) is 4. The van der Waals surface area contributed by atoms with E-state index in [-0.39, 0.29) is 17.9 Å². The van der Waals surface area contributed by atoms with Gasteiger partial charge < -0.3 is 4.74 Å². The van der Waals surface area contributed by atoms with Crippen LogP contribution in [0, 0.1) is 13.8 Å². The fourth-order valence-electron chi connectivity index (χ4n) is 1.53. The standard InChI is InChI=1S/C11H13N3O3/c1-4-17-11(16)8-5-9-12-7(3)6(2)10(15)14(9)13-8/h5,13H,4H2,1-3H3. The number of aryl methyl sites for hydroxylation is 1. The predicted octanol–water partition coefficient (Wildman–Crippen LogP) is 0.816. The molecule has 2 heterocycles. The zero-order valence-electron chi connectivity index (χ0n) is 9.90. The Bertz CT molecular complexity index is 639. The van der Waals surface area contributed by atoms with Crippen molar-refractivity contribution in [3.63, 3.8) is 0 Å². The van der Waals surface area contributed by atoms with Crippen LogP contribution in [-0.4, -0.2) is 27.2 Å². The highest BCUT2D eigenvalue weighted by Crippen LogP contribution is 2.06. The second-order valence-corrected chi connectivity index (χ2v) is 3.71. The second kappa shape index (κ2) is 4.04. The van der Waals surface area contributed by atoms with Crippen molar-refractivity contribution in [2.45, 2.75) is 20.8 Å². The number of nitrogens with zero attached hydrogens (tertiary/aromatic N) is 2. The van der Waals surface area contributed by atoms with Crippen LogP contribution in [0.15, 0.2) is 10.9 Å². The lowest BCUT2D eigenvalue weighted by Crippen LogP contribution is -2.19. The van der Waals surface area contributed by atoms with Gasteiger partial charge in [-0.3, -0.25) is 9.89 Å². The van der Waals surface area contributed by atoms with E-state index in [1.165, 1.54) is 10.6 Å². The molecule has 0 unspecified atom stereocenters. The summed E-state index contributed by atoms with van der Waals surface area (Å²) in [7, 11) is 0. The molecule has 0 radical (unpaired) electrons. The van der Waals surface area contributed by atoms with Crippen molar-refractivity contribution in [2.75, 3.05) is 6.61 Å². The average molecular weight is 235 g/mol. The lowest BCUT2D eigenvalue weighted by molar-refractivity contribution is 0.0519. The first kappa shape index (κ1) is 11.4. The molecule has 0 amide bonds. The molecule has 0 aliphatic rings. The number of aromatic amines is 1. The van der Waals surface area contributed by atoms with Gasteiger partial charge in [0.25, 0.3) is 5.56 Å². The fourth-order valence-corrected chi connectivity index (χ4v) is 1.53. The van der Waals surface area contributed by atoms with Gasteiger partial charge in [-0.1, -0.05) is 0 Å². The SMILES string of the molecule is CCOC(=O)c1cc2nc(C)c(C)c(=O)n2[nH]1. The number of aromatic nitrogens is 3. The Morgan fingerprint density at radius 2 is 2.24 bits per heavy atom. The third kappa shape index (κ3) is 1.82. The molecule has 90 valence electrons. The van der Waals surface area contributed by atoms with Gasteiger partial charge in [-0.2, -0.15) is 0 Å². The molecule has 17 heavy (non-hydrogen) atoms.